The molecule has 1 aliphatic heterocycles. The SMILES string of the molecule is CCCCCc1ccc(C(=O)Nc2ccc(-c3ccc4c(c3)C(=O)N([C@H](C(=O)OC)C(C)C)C4)nc2)cc1. The fourth-order valence-electron chi connectivity index (χ4n) is 4.83. The first kappa shape index (κ1) is 27.0. The van der Waals surface area contributed by atoms with Crippen molar-refractivity contribution < 1.29 is 19.1 Å². The summed E-state index contributed by atoms with van der Waals surface area (Å²) in [7, 11) is 1.34. The minimum Gasteiger partial charge on any atom is -0.467 e. The van der Waals surface area contributed by atoms with Crippen LogP contribution in [0.5, 0.6) is 0 Å². The van der Waals surface area contributed by atoms with E-state index < -0.39 is 12.0 Å². The number of aryl methyl sites for hydroxylation is 1. The molecule has 0 unspecified atom stereocenters. The number of rotatable bonds is 10. The number of amides is 2. The van der Waals surface area contributed by atoms with E-state index in [1.807, 2.05) is 62.4 Å². The highest BCUT2D eigenvalue weighted by Gasteiger charge is 2.38. The molecule has 1 aliphatic rings. The molecule has 4 rings (SSSR count). The van der Waals surface area contributed by atoms with Crippen LogP contribution >= 0.6 is 0 Å². The minimum absolute atomic E-state index is 0.0756. The van der Waals surface area contributed by atoms with E-state index in [4.69, 9.17) is 4.74 Å². The van der Waals surface area contributed by atoms with Crippen molar-refractivity contribution in [2.45, 2.75) is 59.0 Å². The molecule has 2 aromatic carbocycles. The number of ether oxygens (including phenoxy) is 1. The Bertz CT molecular complexity index is 1300. The van der Waals surface area contributed by atoms with Gasteiger partial charge >= 0.3 is 5.97 Å². The number of fused-ring (bicyclic) bond motifs is 1. The lowest BCUT2D eigenvalue weighted by atomic mass is 10.0. The van der Waals surface area contributed by atoms with Gasteiger partial charge in [0.2, 0.25) is 0 Å². The molecule has 2 amide bonds. The zero-order chi connectivity index (χ0) is 27.2. The van der Waals surface area contributed by atoms with Crippen molar-refractivity contribution in [3.63, 3.8) is 0 Å². The Morgan fingerprint density at radius 1 is 1.05 bits per heavy atom. The zero-order valence-electron chi connectivity index (χ0n) is 22.5. The Kier molecular flexibility index (Phi) is 8.56. The lowest BCUT2D eigenvalue weighted by Gasteiger charge is -2.28. The number of pyridine rings is 1. The summed E-state index contributed by atoms with van der Waals surface area (Å²) in [4.78, 5) is 44.3. The Labute approximate surface area is 224 Å². The molecule has 7 nitrogen and oxygen atoms in total. The molecule has 198 valence electrons. The van der Waals surface area contributed by atoms with Gasteiger partial charge in [0.25, 0.3) is 11.8 Å². The highest BCUT2D eigenvalue weighted by molar-refractivity contribution is 6.04. The molecule has 0 saturated carbocycles. The molecule has 1 atom stereocenters. The first-order valence-electron chi connectivity index (χ1n) is 13.2. The van der Waals surface area contributed by atoms with Crippen LogP contribution in [0.3, 0.4) is 0 Å². The van der Waals surface area contributed by atoms with Gasteiger partial charge in [-0.05, 0) is 60.2 Å². The molecule has 0 radical (unpaired) electrons. The Balaban J connectivity index is 1.43. The molecule has 1 N–H and O–H groups in total. The first-order valence-corrected chi connectivity index (χ1v) is 13.2. The summed E-state index contributed by atoms with van der Waals surface area (Å²) in [6.07, 6.45) is 6.19. The molecular weight excluding hydrogens is 478 g/mol. The van der Waals surface area contributed by atoms with Gasteiger partial charge in [-0.2, -0.15) is 0 Å². The number of aromatic nitrogens is 1. The van der Waals surface area contributed by atoms with Crippen LogP contribution in [0.15, 0.2) is 60.8 Å². The van der Waals surface area contributed by atoms with Crippen molar-refractivity contribution in [2.75, 3.05) is 12.4 Å². The fourth-order valence-corrected chi connectivity index (χ4v) is 4.83. The second-order valence-electron chi connectivity index (χ2n) is 10.1. The number of carbonyl (C=O) groups is 3. The number of benzene rings is 2. The van der Waals surface area contributed by atoms with Gasteiger partial charge in [0.15, 0.2) is 0 Å². The number of anilines is 1. The highest BCUT2D eigenvalue weighted by Crippen LogP contribution is 2.31. The van der Waals surface area contributed by atoms with Crippen molar-refractivity contribution in [1.29, 1.82) is 0 Å². The van der Waals surface area contributed by atoms with Crippen molar-refractivity contribution in [3.8, 4) is 11.3 Å². The van der Waals surface area contributed by atoms with Gasteiger partial charge in [-0.3, -0.25) is 14.6 Å². The monoisotopic (exact) mass is 513 g/mol. The van der Waals surface area contributed by atoms with E-state index in [0.29, 0.717) is 29.1 Å². The number of carbonyl (C=O) groups excluding carboxylic acids is 3. The average Bonchev–Trinajstić information content (AvgIpc) is 3.24. The summed E-state index contributed by atoms with van der Waals surface area (Å²) in [6.45, 7) is 6.35. The van der Waals surface area contributed by atoms with Gasteiger partial charge in [-0.25, -0.2) is 4.79 Å². The van der Waals surface area contributed by atoms with E-state index in [0.717, 1.165) is 24.0 Å². The quantitative estimate of drug-likeness (QED) is 0.270. The van der Waals surface area contributed by atoms with Gasteiger partial charge in [-0.1, -0.05) is 57.9 Å². The molecule has 1 aromatic heterocycles. The number of methoxy groups -OCH3 is 1. The summed E-state index contributed by atoms with van der Waals surface area (Å²) >= 11 is 0. The van der Waals surface area contributed by atoms with Crippen LogP contribution in [-0.2, 0) is 22.5 Å². The largest absolute Gasteiger partial charge is 0.467 e. The van der Waals surface area contributed by atoms with Crippen LogP contribution in [0.25, 0.3) is 11.3 Å². The number of unbranched alkanes of at least 4 members (excludes halogenated alkanes) is 2. The number of nitrogens with zero attached hydrogens (tertiary/aromatic N) is 2. The van der Waals surface area contributed by atoms with Gasteiger partial charge < -0.3 is 15.0 Å². The maximum atomic E-state index is 13.2. The zero-order valence-corrected chi connectivity index (χ0v) is 22.5. The average molecular weight is 514 g/mol. The summed E-state index contributed by atoms with van der Waals surface area (Å²) in [6, 6.07) is 16.3. The molecule has 38 heavy (non-hydrogen) atoms. The van der Waals surface area contributed by atoms with Crippen molar-refractivity contribution >= 4 is 23.5 Å². The molecule has 7 heteroatoms. The van der Waals surface area contributed by atoms with Crippen molar-refractivity contribution in [3.05, 3.63) is 83.0 Å². The second kappa shape index (κ2) is 12.0. The molecular formula is C31H35N3O4. The van der Waals surface area contributed by atoms with E-state index in [2.05, 4.69) is 17.2 Å². The maximum Gasteiger partial charge on any atom is 0.328 e. The van der Waals surface area contributed by atoms with Gasteiger partial charge in [0.1, 0.15) is 6.04 Å². The molecule has 0 saturated heterocycles. The third kappa shape index (κ3) is 5.93. The van der Waals surface area contributed by atoms with Crippen molar-refractivity contribution in [1.82, 2.24) is 9.88 Å². The summed E-state index contributed by atoms with van der Waals surface area (Å²) in [5, 5.41) is 2.90. The standard InChI is InChI=1S/C31H35N3O4/c1-5-6-7-8-21-9-11-22(12-10-21)29(35)33-25-15-16-27(32-18-25)23-13-14-24-19-34(30(36)26(24)17-23)28(20(2)3)31(37)38-4/h9-18,20,28H,5-8,19H2,1-4H3,(H,33,35)/t28-/m0/s1. The Morgan fingerprint density at radius 3 is 2.45 bits per heavy atom. The lowest BCUT2D eigenvalue weighted by molar-refractivity contribution is -0.147. The molecule has 0 aliphatic carbocycles. The van der Waals surface area contributed by atoms with Crippen LogP contribution in [0.4, 0.5) is 5.69 Å². The van der Waals surface area contributed by atoms with Gasteiger partial charge in [-0.15, -0.1) is 0 Å². The van der Waals surface area contributed by atoms with E-state index in [1.54, 1.807) is 17.2 Å². The van der Waals surface area contributed by atoms with Crippen LogP contribution in [0, 0.1) is 5.92 Å². The normalized spacial score (nSPS) is 13.4. The fraction of sp³-hybridized carbons (Fsp3) is 0.355. The summed E-state index contributed by atoms with van der Waals surface area (Å²) in [5.41, 5.74) is 5.33. The topological polar surface area (TPSA) is 88.6 Å². The number of hydrogen-bond donors (Lipinski definition) is 1. The Hall–Kier alpha value is -4.00. The van der Waals surface area contributed by atoms with Crippen LogP contribution in [0.2, 0.25) is 0 Å². The van der Waals surface area contributed by atoms with E-state index in [9.17, 15) is 14.4 Å². The summed E-state index contributed by atoms with van der Waals surface area (Å²) < 4.78 is 4.94. The predicted molar refractivity (Wildman–Crippen MR) is 148 cm³/mol. The summed E-state index contributed by atoms with van der Waals surface area (Å²) in [5.74, 6) is -0.864. The molecule has 2 heterocycles. The third-order valence-electron chi connectivity index (χ3n) is 6.95. The maximum absolute atomic E-state index is 13.2. The third-order valence-corrected chi connectivity index (χ3v) is 6.95. The Morgan fingerprint density at radius 2 is 1.82 bits per heavy atom. The van der Waals surface area contributed by atoms with E-state index in [1.165, 1.54) is 25.5 Å². The van der Waals surface area contributed by atoms with Crippen molar-refractivity contribution in [2.24, 2.45) is 5.92 Å². The van der Waals surface area contributed by atoms with Gasteiger partial charge in [0.05, 0.1) is 24.7 Å². The molecule has 0 fully saturated rings. The molecule has 0 spiro atoms. The second-order valence-corrected chi connectivity index (χ2v) is 10.1. The van der Waals surface area contributed by atoms with Crippen LogP contribution in [0.1, 0.15) is 71.9 Å². The minimum atomic E-state index is -0.637. The van der Waals surface area contributed by atoms with Crippen LogP contribution < -0.4 is 5.32 Å². The van der Waals surface area contributed by atoms with E-state index in [-0.39, 0.29) is 17.7 Å². The smallest absolute Gasteiger partial charge is 0.328 e. The highest BCUT2D eigenvalue weighted by atomic mass is 16.5. The lowest BCUT2D eigenvalue weighted by Crippen LogP contribution is -2.45. The van der Waals surface area contributed by atoms with Crippen LogP contribution in [-0.4, -0.2) is 40.8 Å². The van der Waals surface area contributed by atoms with E-state index >= 15 is 0 Å². The predicted octanol–water partition coefficient (Wildman–Crippen LogP) is 5.89. The number of nitrogens with one attached hydrogen (secondary N) is 1. The molecule has 3 aromatic rings. The number of hydrogen-bond acceptors (Lipinski definition) is 5. The van der Waals surface area contributed by atoms with Gasteiger partial charge in [0, 0.05) is 23.2 Å². The number of esters is 1. The first-order chi connectivity index (χ1) is 18.3. The molecule has 0 bridgehead atoms.